The third-order valence-corrected chi connectivity index (χ3v) is 3.44. The van der Waals surface area contributed by atoms with E-state index in [4.69, 9.17) is 4.74 Å². The van der Waals surface area contributed by atoms with Gasteiger partial charge >= 0.3 is 6.09 Å². The van der Waals surface area contributed by atoms with Gasteiger partial charge < -0.3 is 4.74 Å². The monoisotopic (exact) mass is 272 g/mol. The summed E-state index contributed by atoms with van der Waals surface area (Å²) in [4.78, 5) is 16.1. The van der Waals surface area contributed by atoms with E-state index in [0.717, 1.165) is 10.9 Å². The maximum atomic E-state index is 11.7. The number of hydrogen-bond acceptors (Lipinski definition) is 3. The highest BCUT2D eigenvalue weighted by atomic mass is 16.5. The molecule has 0 aliphatic rings. The first-order chi connectivity index (χ1) is 9.56. The summed E-state index contributed by atoms with van der Waals surface area (Å²) < 4.78 is 5.19. The van der Waals surface area contributed by atoms with Crippen LogP contribution in [0.1, 0.15) is 20.8 Å². The number of nitrogens with one attached hydrogen (secondary N) is 1. The van der Waals surface area contributed by atoms with E-state index in [1.807, 2.05) is 30.3 Å². The molecule has 0 unspecified atom stereocenters. The molecule has 0 aliphatic carbocycles. The van der Waals surface area contributed by atoms with E-state index in [1.54, 1.807) is 6.07 Å². The maximum Gasteiger partial charge on any atom is 0.412 e. The van der Waals surface area contributed by atoms with E-state index in [1.165, 1.54) is 0 Å². The van der Waals surface area contributed by atoms with Crippen LogP contribution in [-0.4, -0.2) is 17.7 Å². The average molecular weight is 272 g/mol. The van der Waals surface area contributed by atoms with E-state index in [-0.39, 0.29) is 0 Å². The van der Waals surface area contributed by atoms with Gasteiger partial charge in [0.25, 0.3) is 0 Å². The molecule has 2 rings (SSSR count). The number of anilines is 1. The molecule has 1 amide bonds. The summed E-state index contributed by atoms with van der Waals surface area (Å²) in [5, 5.41) is 3.70. The molecule has 1 N–H and O–H groups in total. The van der Waals surface area contributed by atoms with Crippen molar-refractivity contribution < 1.29 is 9.53 Å². The number of benzene rings is 1. The van der Waals surface area contributed by atoms with Crippen molar-refractivity contribution >= 4 is 22.8 Å². The number of para-hydroxylation sites is 1. The Bertz CT molecular complexity index is 596. The molecule has 1 atom stereocenters. The molecule has 20 heavy (non-hydrogen) atoms. The van der Waals surface area contributed by atoms with Crippen molar-refractivity contribution in [2.45, 2.75) is 20.8 Å². The molecule has 4 heteroatoms. The molecule has 0 fully saturated rings. The van der Waals surface area contributed by atoms with Gasteiger partial charge in [-0.1, -0.05) is 39.0 Å². The summed E-state index contributed by atoms with van der Waals surface area (Å²) in [6.07, 6.45) is -0.458. The Morgan fingerprint density at radius 2 is 1.95 bits per heavy atom. The number of carbonyl (C=O) groups is 1. The fourth-order valence-electron chi connectivity index (χ4n) is 1.68. The average Bonchev–Trinajstić information content (AvgIpc) is 2.44. The maximum absolute atomic E-state index is 11.7. The van der Waals surface area contributed by atoms with Crippen LogP contribution >= 0.6 is 0 Å². The third-order valence-electron chi connectivity index (χ3n) is 3.44. The van der Waals surface area contributed by atoms with Crippen molar-refractivity contribution in [1.82, 2.24) is 4.98 Å². The first-order valence-electron chi connectivity index (χ1n) is 6.86. The summed E-state index contributed by atoms with van der Waals surface area (Å²) in [6, 6.07) is 11.5. The van der Waals surface area contributed by atoms with E-state index < -0.39 is 6.09 Å². The second kappa shape index (κ2) is 6.37. The number of pyridine rings is 1. The zero-order chi connectivity index (χ0) is 14.5. The number of nitrogens with zero attached hydrogens (tertiary/aromatic N) is 1. The minimum Gasteiger partial charge on any atom is -0.449 e. The second-order valence-electron chi connectivity index (χ2n) is 5.33. The SMILES string of the molecule is CC(C)[C@@H](C)COC(=O)Nc1ccc2ccccc2n1. The van der Waals surface area contributed by atoms with Crippen LogP contribution in [-0.2, 0) is 4.74 Å². The highest BCUT2D eigenvalue weighted by molar-refractivity contribution is 5.86. The zero-order valence-electron chi connectivity index (χ0n) is 12.1. The zero-order valence-corrected chi connectivity index (χ0v) is 12.1. The van der Waals surface area contributed by atoms with Gasteiger partial charge in [-0.3, -0.25) is 5.32 Å². The lowest BCUT2D eigenvalue weighted by atomic mass is 10.00. The second-order valence-corrected chi connectivity index (χ2v) is 5.33. The van der Waals surface area contributed by atoms with Crippen LogP contribution in [0.5, 0.6) is 0 Å². The summed E-state index contributed by atoms with van der Waals surface area (Å²) in [7, 11) is 0. The van der Waals surface area contributed by atoms with Crippen molar-refractivity contribution in [1.29, 1.82) is 0 Å². The highest BCUT2D eigenvalue weighted by Crippen LogP contribution is 2.15. The standard InChI is InChI=1S/C16H20N2O2/c1-11(2)12(3)10-20-16(19)18-15-9-8-13-6-4-5-7-14(13)17-15/h4-9,11-12H,10H2,1-3H3,(H,17,18,19)/t12-/m0/s1. The van der Waals surface area contributed by atoms with Crippen LogP contribution in [0.25, 0.3) is 10.9 Å². The number of carbonyl (C=O) groups excluding carboxylic acids is 1. The predicted molar refractivity (Wildman–Crippen MR) is 80.7 cm³/mol. The lowest BCUT2D eigenvalue weighted by Gasteiger charge is -2.15. The molecule has 4 nitrogen and oxygen atoms in total. The molecular formula is C16H20N2O2. The number of ether oxygens (including phenoxy) is 1. The highest BCUT2D eigenvalue weighted by Gasteiger charge is 2.11. The van der Waals surface area contributed by atoms with Crippen LogP contribution in [0.3, 0.4) is 0 Å². The van der Waals surface area contributed by atoms with Crippen LogP contribution in [0.15, 0.2) is 36.4 Å². The Morgan fingerprint density at radius 1 is 1.20 bits per heavy atom. The van der Waals surface area contributed by atoms with Gasteiger partial charge in [0.2, 0.25) is 0 Å². The molecule has 0 saturated carbocycles. The van der Waals surface area contributed by atoms with Crippen LogP contribution < -0.4 is 5.32 Å². The fourth-order valence-corrected chi connectivity index (χ4v) is 1.68. The Morgan fingerprint density at radius 3 is 2.70 bits per heavy atom. The molecule has 0 saturated heterocycles. The molecular weight excluding hydrogens is 252 g/mol. The van der Waals surface area contributed by atoms with Gasteiger partial charge in [0.05, 0.1) is 12.1 Å². The molecule has 106 valence electrons. The molecule has 1 heterocycles. The lowest BCUT2D eigenvalue weighted by Crippen LogP contribution is -2.20. The van der Waals surface area contributed by atoms with E-state index >= 15 is 0 Å². The van der Waals surface area contributed by atoms with Crippen LogP contribution in [0, 0.1) is 11.8 Å². The number of aromatic nitrogens is 1. The van der Waals surface area contributed by atoms with E-state index in [2.05, 4.69) is 31.1 Å². The van der Waals surface area contributed by atoms with Gasteiger partial charge in [-0.05, 0) is 30.0 Å². The van der Waals surface area contributed by atoms with Gasteiger partial charge in [-0.2, -0.15) is 0 Å². The topological polar surface area (TPSA) is 51.2 Å². The van der Waals surface area contributed by atoms with Gasteiger partial charge in [-0.25, -0.2) is 9.78 Å². The van der Waals surface area contributed by atoms with Gasteiger partial charge in [0.1, 0.15) is 5.82 Å². The summed E-state index contributed by atoms with van der Waals surface area (Å²) in [5.41, 5.74) is 0.848. The van der Waals surface area contributed by atoms with Gasteiger partial charge in [-0.15, -0.1) is 0 Å². The largest absolute Gasteiger partial charge is 0.449 e. The first-order valence-corrected chi connectivity index (χ1v) is 6.86. The van der Waals surface area contributed by atoms with Crippen molar-refractivity contribution in [3.8, 4) is 0 Å². The molecule has 0 aliphatic heterocycles. The Balaban J connectivity index is 1.96. The summed E-state index contributed by atoms with van der Waals surface area (Å²) in [5.74, 6) is 1.33. The van der Waals surface area contributed by atoms with Crippen molar-refractivity contribution in [2.24, 2.45) is 11.8 Å². The van der Waals surface area contributed by atoms with Gasteiger partial charge in [0, 0.05) is 5.39 Å². The fraction of sp³-hybridized carbons (Fsp3) is 0.375. The first kappa shape index (κ1) is 14.3. The predicted octanol–water partition coefficient (Wildman–Crippen LogP) is 4.08. The molecule has 2 aromatic rings. The van der Waals surface area contributed by atoms with Crippen molar-refractivity contribution in [3.05, 3.63) is 36.4 Å². The Kier molecular flexibility index (Phi) is 4.56. The third kappa shape index (κ3) is 3.70. The lowest BCUT2D eigenvalue weighted by molar-refractivity contribution is 0.133. The Hall–Kier alpha value is -2.10. The summed E-state index contributed by atoms with van der Waals surface area (Å²) >= 11 is 0. The van der Waals surface area contributed by atoms with E-state index in [0.29, 0.717) is 24.3 Å². The quantitative estimate of drug-likeness (QED) is 0.912. The van der Waals surface area contributed by atoms with Gasteiger partial charge in [0.15, 0.2) is 0 Å². The molecule has 0 bridgehead atoms. The van der Waals surface area contributed by atoms with Crippen molar-refractivity contribution in [2.75, 3.05) is 11.9 Å². The smallest absolute Gasteiger partial charge is 0.412 e. The molecule has 0 spiro atoms. The number of fused-ring (bicyclic) bond motifs is 1. The number of amides is 1. The molecule has 1 aromatic carbocycles. The summed E-state index contributed by atoms with van der Waals surface area (Å²) in [6.45, 7) is 6.69. The number of rotatable bonds is 4. The normalized spacial score (nSPS) is 12.4. The van der Waals surface area contributed by atoms with Crippen LogP contribution in [0.2, 0.25) is 0 Å². The van der Waals surface area contributed by atoms with Crippen molar-refractivity contribution in [3.63, 3.8) is 0 Å². The van der Waals surface area contributed by atoms with Crippen LogP contribution in [0.4, 0.5) is 10.6 Å². The number of hydrogen-bond donors (Lipinski definition) is 1. The van der Waals surface area contributed by atoms with E-state index in [9.17, 15) is 4.79 Å². The minimum absolute atomic E-state index is 0.338. The minimum atomic E-state index is -0.458. The molecule has 1 aromatic heterocycles. The Labute approximate surface area is 119 Å². The molecule has 0 radical (unpaired) electrons.